The van der Waals surface area contributed by atoms with Crippen LogP contribution in [0.25, 0.3) is 5.82 Å². The van der Waals surface area contributed by atoms with Crippen molar-refractivity contribution in [3.63, 3.8) is 0 Å². The van der Waals surface area contributed by atoms with Gasteiger partial charge in [0.15, 0.2) is 5.82 Å². The monoisotopic (exact) mass is 317 g/mol. The summed E-state index contributed by atoms with van der Waals surface area (Å²) in [6.45, 7) is -0.353. The number of alkyl halides is 2. The molecule has 0 bridgehead atoms. The van der Waals surface area contributed by atoms with E-state index < -0.39 is 24.2 Å². The Morgan fingerprint density at radius 1 is 1.43 bits per heavy atom. The number of halogens is 2. The molecule has 3 heterocycles. The highest BCUT2D eigenvalue weighted by atomic mass is 19.3. The average molecular weight is 317 g/mol. The minimum atomic E-state index is -3.05. The highest BCUT2D eigenvalue weighted by Crippen LogP contribution is 2.33. The average Bonchev–Trinajstić information content (AvgIpc) is 3.09. The third-order valence-electron chi connectivity index (χ3n) is 3.80. The van der Waals surface area contributed by atoms with Gasteiger partial charge in [0.2, 0.25) is 0 Å². The summed E-state index contributed by atoms with van der Waals surface area (Å²) in [6.07, 6.45) is 4.20. The lowest BCUT2D eigenvalue weighted by atomic mass is 9.94. The summed E-state index contributed by atoms with van der Waals surface area (Å²) in [4.78, 5) is 17.8. The third-order valence-corrected chi connectivity index (χ3v) is 3.80. The number of carbonyl (C=O) groups is 1. The fraction of sp³-hybridized carbons (Fsp3) is 0.333. The summed E-state index contributed by atoms with van der Waals surface area (Å²) in [5, 5.41) is 12.9. The number of pyridine rings is 1. The van der Waals surface area contributed by atoms with Crippen LogP contribution in [-0.2, 0) is 0 Å². The highest BCUT2D eigenvalue weighted by Gasteiger charge is 2.45. The van der Waals surface area contributed by atoms with Gasteiger partial charge < -0.3 is 4.90 Å². The van der Waals surface area contributed by atoms with Gasteiger partial charge in [0.05, 0.1) is 11.6 Å². The minimum absolute atomic E-state index is 0.0785. The normalized spacial score (nSPS) is 20.0. The number of rotatable bonds is 2. The van der Waals surface area contributed by atoms with Crippen molar-refractivity contribution in [1.82, 2.24) is 19.7 Å². The van der Waals surface area contributed by atoms with Crippen molar-refractivity contribution in [3.8, 4) is 11.9 Å². The standard InChI is InChI=1S/C15H13F2N5O/c16-15(17)4-7-21(10-12(15)8-18)14(23)11-2-3-13(19-9-11)22-6-1-5-20-22/h1-3,5-6,9,12H,4,7,10H2. The molecular weight excluding hydrogens is 304 g/mol. The van der Waals surface area contributed by atoms with E-state index in [1.165, 1.54) is 11.1 Å². The SMILES string of the molecule is N#CC1CN(C(=O)c2ccc(-n3cccn3)nc2)CCC1(F)F. The lowest BCUT2D eigenvalue weighted by molar-refractivity contribution is -0.0789. The van der Waals surface area contributed by atoms with Crippen molar-refractivity contribution in [2.24, 2.45) is 5.92 Å². The van der Waals surface area contributed by atoms with Crippen LogP contribution in [0.1, 0.15) is 16.8 Å². The Hall–Kier alpha value is -2.82. The molecule has 8 heteroatoms. The van der Waals surface area contributed by atoms with E-state index in [9.17, 15) is 13.6 Å². The van der Waals surface area contributed by atoms with Gasteiger partial charge in [-0.3, -0.25) is 4.79 Å². The first kappa shape index (κ1) is 15.1. The van der Waals surface area contributed by atoms with E-state index in [0.717, 1.165) is 0 Å². The first-order valence-corrected chi connectivity index (χ1v) is 7.04. The van der Waals surface area contributed by atoms with Crippen LogP contribution in [0.5, 0.6) is 0 Å². The van der Waals surface area contributed by atoms with Crippen LogP contribution in [0.3, 0.4) is 0 Å². The van der Waals surface area contributed by atoms with Crippen LogP contribution in [0.4, 0.5) is 8.78 Å². The Morgan fingerprint density at radius 2 is 2.26 bits per heavy atom. The lowest BCUT2D eigenvalue weighted by Crippen LogP contribution is -2.48. The Labute approximate surface area is 131 Å². The molecule has 6 nitrogen and oxygen atoms in total. The van der Waals surface area contributed by atoms with Gasteiger partial charge in [-0.25, -0.2) is 18.4 Å². The molecule has 3 rings (SSSR count). The van der Waals surface area contributed by atoms with Crippen molar-refractivity contribution < 1.29 is 13.6 Å². The molecule has 1 aliphatic heterocycles. The van der Waals surface area contributed by atoms with Crippen LogP contribution < -0.4 is 0 Å². The molecule has 1 saturated heterocycles. The summed E-state index contributed by atoms with van der Waals surface area (Å²) in [7, 11) is 0. The quantitative estimate of drug-likeness (QED) is 0.847. The van der Waals surface area contributed by atoms with Gasteiger partial charge in [0, 0.05) is 38.1 Å². The lowest BCUT2D eigenvalue weighted by Gasteiger charge is -2.35. The van der Waals surface area contributed by atoms with Crippen molar-refractivity contribution in [2.45, 2.75) is 12.3 Å². The molecule has 0 N–H and O–H groups in total. The molecule has 0 aromatic carbocycles. The van der Waals surface area contributed by atoms with Crippen molar-refractivity contribution in [2.75, 3.05) is 13.1 Å². The van der Waals surface area contributed by atoms with Gasteiger partial charge in [-0.15, -0.1) is 0 Å². The van der Waals surface area contributed by atoms with E-state index in [4.69, 9.17) is 5.26 Å². The smallest absolute Gasteiger partial charge is 0.267 e. The van der Waals surface area contributed by atoms with Gasteiger partial charge in [-0.05, 0) is 18.2 Å². The van der Waals surface area contributed by atoms with Crippen molar-refractivity contribution in [3.05, 3.63) is 42.4 Å². The molecule has 1 aliphatic rings. The maximum absolute atomic E-state index is 13.5. The molecule has 0 aliphatic carbocycles. The number of carbonyl (C=O) groups excluding carboxylic acids is 1. The molecule has 118 valence electrons. The van der Waals surface area contributed by atoms with Crippen LogP contribution in [0.15, 0.2) is 36.8 Å². The topological polar surface area (TPSA) is 74.8 Å². The second kappa shape index (κ2) is 5.76. The zero-order valence-electron chi connectivity index (χ0n) is 12.1. The molecule has 1 atom stereocenters. The number of hydrogen-bond donors (Lipinski definition) is 0. The number of aromatic nitrogens is 3. The van der Waals surface area contributed by atoms with Crippen LogP contribution in [-0.4, -0.2) is 44.6 Å². The molecule has 23 heavy (non-hydrogen) atoms. The fourth-order valence-corrected chi connectivity index (χ4v) is 2.46. The summed E-state index contributed by atoms with van der Waals surface area (Å²) >= 11 is 0. The van der Waals surface area contributed by atoms with Gasteiger partial charge in [-0.1, -0.05) is 0 Å². The van der Waals surface area contributed by atoms with Crippen LogP contribution in [0, 0.1) is 17.2 Å². The Kier molecular flexibility index (Phi) is 3.78. The number of amides is 1. The van der Waals surface area contributed by atoms with E-state index in [1.54, 1.807) is 41.3 Å². The van der Waals surface area contributed by atoms with E-state index in [0.29, 0.717) is 11.4 Å². The number of likely N-dealkylation sites (tertiary alicyclic amines) is 1. The minimum Gasteiger partial charge on any atom is -0.337 e. The summed E-state index contributed by atoms with van der Waals surface area (Å²) in [5.41, 5.74) is 0.294. The molecule has 0 spiro atoms. The summed E-state index contributed by atoms with van der Waals surface area (Å²) in [6, 6.07) is 6.53. The second-order valence-corrected chi connectivity index (χ2v) is 5.30. The Bertz CT molecular complexity index is 736. The number of hydrogen-bond acceptors (Lipinski definition) is 4. The predicted octanol–water partition coefficient (Wildman–Crippen LogP) is 1.89. The van der Waals surface area contributed by atoms with E-state index in [-0.39, 0.29) is 13.1 Å². The zero-order valence-corrected chi connectivity index (χ0v) is 12.1. The van der Waals surface area contributed by atoms with Crippen LogP contribution >= 0.6 is 0 Å². The van der Waals surface area contributed by atoms with Gasteiger partial charge in [0.25, 0.3) is 11.8 Å². The maximum atomic E-state index is 13.5. The highest BCUT2D eigenvalue weighted by molar-refractivity contribution is 5.94. The largest absolute Gasteiger partial charge is 0.337 e. The third kappa shape index (κ3) is 2.90. The van der Waals surface area contributed by atoms with E-state index in [2.05, 4.69) is 10.1 Å². The maximum Gasteiger partial charge on any atom is 0.267 e. The van der Waals surface area contributed by atoms with E-state index >= 15 is 0 Å². The number of nitrogens with zero attached hydrogens (tertiary/aromatic N) is 5. The Morgan fingerprint density at radius 3 is 2.87 bits per heavy atom. The molecule has 2 aromatic rings. The zero-order chi connectivity index (χ0) is 16.4. The van der Waals surface area contributed by atoms with Gasteiger partial charge in [0.1, 0.15) is 5.92 Å². The second-order valence-electron chi connectivity index (χ2n) is 5.30. The fourth-order valence-electron chi connectivity index (χ4n) is 2.46. The van der Waals surface area contributed by atoms with E-state index in [1.807, 2.05) is 0 Å². The summed E-state index contributed by atoms with van der Waals surface area (Å²) in [5.74, 6) is -4.38. The van der Waals surface area contributed by atoms with Crippen LogP contribution in [0.2, 0.25) is 0 Å². The Balaban J connectivity index is 1.75. The first-order chi connectivity index (χ1) is 11.0. The molecule has 2 aromatic heterocycles. The van der Waals surface area contributed by atoms with Gasteiger partial charge >= 0.3 is 0 Å². The number of nitriles is 1. The number of piperidine rings is 1. The van der Waals surface area contributed by atoms with Crippen molar-refractivity contribution >= 4 is 5.91 Å². The summed E-state index contributed by atoms with van der Waals surface area (Å²) < 4.78 is 28.6. The van der Waals surface area contributed by atoms with Gasteiger partial charge in [-0.2, -0.15) is 10.4 Å². The van der Waals surface area contributed by atoms with Crippen molar-refractivity contribution in [1.29, 1.82) is 5.26 Å². The molecule has 0 saturated carbocycles. The first-order valence-electron chi connectivity index (χ1n) is 7.04. The molecule has 1 unspecified atom stereocenters. The molecular formula is C15H13F2N5O. The molecule has 1 amide bonds. The predicted molar refractivity (Wildman–Crippen MR) is 75.9 cm³/mol. The molecule has 1 fully saturated rings. The molecule has 0 radical (unpaired) electrons.